The Hall–Kier alpha value is -3.43. The zero-order chi connectivity index (χ0) is 25.5. The molecular formula is C24H34N4O6. The summed E-state index contributed by atoms with van der Waals surface area (Å²) in [5.41, 5.74) is -0.261. The SMILES string of the molecule is CC(C)(C)OC(=O)N(CCCc1cccnc1)[C@@H](Cc1cncn1C(=O)OC(C)(C)C)C(=O)O. The molecule has 186 valence electrons. The third-order valence-corrected chi connectivity index (χ3v) is 4.58. The van der Waals surface area contributed by atoms with Crippen LogP contribution in [0.3, 0.4) is 0 Å². The molecule has 0 aliphatic carbocycles. The molecule has 0 aliphatic heterocycles. The Bertz CT molecular complexity index is 975. The third kappa shape index (κ3) is 8.49. The zero-order valence-corrected chi connectivity index (χ0v) is 20.6. The number of carbonyl (C=O) groups excluding carboxylic acids is 2. The van der Waals surface area contributed by atoms with Gasteiger partial charge in [0.25, 0.3) is 0 Å². The van der Waals surface area contributed by atoms with E-state index in [9.17, 15) is 19.5 Å². The molecule has 2 rings (SSSR count). The Morgan fingerprint density at radius 3 is 2.29 bits per heavy atom. The van der Waals surface area contributed by atoms with Crippen molar-refractivity contribution < 1.29 is 29.0 Å². The topological polar surface area (TPSA) is 124 Å². The molecule has 0 aromatic carbocycles. The molecule has 1 atom stereocenters. The second kappa shape index (κ2) is 11.1. The van der Waals surface area contributed by atoms with Gasteiger partial charge in [0.05, 0.1) is 5.69 Å². The van der Waals surface area contributed by atoms with E-state index in [0.29, 0.717) is 18.5 Å². The molecule has 2 aromatic rings. The fourth-order valence-electron chi connectivity index (χ4n) is 3.17. The number of aryl methyl sites for hydroxylation is 1. The first-order chi connectivity index (χ1) is 15.8. The summed E-state index contributed by atoms with van der Waals surface area (Å²) in [4.78, 5) is 47.1. The molecule has 0 saturated heterocycles. The average Bonchev–Trinajstić information content (AvgIpc) is 3.16. The van der Waals surface area contributed by atoms with Crippen molar-refractivity contribution in [2.24, 2.45) is 0 Å². The van der Waals surface area contributed by atoms with Crippen molar-refractivity contribution in [3.8, 4) is 0 Å². The number of hydrogen-bond acceptors (Lipinski definition) is 7. The Kier molecular flexibility index (Phi) is 8.78. The van der Waals surface area contributed by atoms with Crippen molar-refractivity contribution in [2.45, 2.75) is 78.0 Å². The van der Waals surface area contributed by atoms with Crippen LogP contribution in [0, 0.1) is 0 Å². The van der Waals surface area contributed by atoms with E-state index < -0.39 is 35.4 Å². The van der Waals surface area contributed by atoms with Crippen LogP contribution in [0.15, 0.2) is 37.1 Å². The highest BCUT2D eigenvalue weighted by Crippen LogP contribution is 2.18. The molecule has 0 fully saturated rings. The maximum Gasteiger partial charge on any atom is 0.420 e. The number of amides is 1. The van der Waals surface area contributed by atoms with Gasteiger partial charge in [-0.15, -0.1) is 0 Å². The van der Waals surface area contributed by atoms with Crippen LogP contribution in [0.25, 0.3) is 0 Å². The Balaban J connectivity index is 2.26. The number of pyridine rings is 1. The Morgan fingerprint density at radius 1 is 1.06 bits per heavy atom. The lowest BCUT2D eigenvalue weighted by molar-refractivity contribution is -0.143. The normalized spacial score (nSPS) is 12.6. The molecule has 1 N–H and O–H groups in total. The summed E-state index contributed by atoms with van der Waals surface area (Å²) in [7, 11) is 0. The van der Waals surface area contributed by atoms with Gasteiger partial charge in [-0.05, 0) is 66.0 Å². The van der Waals surface area contributed by atoms with Crippen molar-refractivity contribution in [1.29, 1.82) is 0 Å². The van der Waals surface area contributed by atoms with Crippen LogP contribution in [0.5, 0.6) is 0 Å². The minimum Gasteiger partial charge on any atom is -0.480 e. The molecule has 0 radical (unpaired) electrons. The first kappa shape index (κ1) is 26.8. The quantitative estimate of drug-likeness (QED) is 0.610. The first-order valence-electron chi connectivity index (χ1n) is 11.1. The van der Waals surface area contributed by atoms with Crippen LogP contribution in [-0.2, 0) is 27.1 Å². The number of carbonyl (C=O) groups is 3. The van der Waals surface area contributed by atoms with Gasteiger partial charge >= 0.3 is 18.2 Å². The Labute approximate surface area is 199 Å². The minimum absolute atomic E-state index is 0.140. The predicted octanol–water partition coefficient (Wildman–Crippen LogP) is 3.93. The lowest BCUT2D eigenvalue weighted by Crippen LogP contribution is -2.49. The van der Waals surface area contributed by atoms with Crippen LogP contribution in [-0.4, -0.2) is 66.5 Å². The van der Waals surface area contributed by atoms with E-state index in [1.165, 1.54) is 17.4 Å². The van der Waals surface area contributed by atoms with Crippen LogP contribution < -0.4 is 0 Å². The monoisotopic (exact) mass is 474 g/mol. The zero-order valence-electron chi connectivity index (χ0n) is 20.6. The van der Waals surface area contributed by atoms with Crippen LogP contribution >= 0.6 is 0 Å². The third-order valence-electron chi connectivity index (χ3n) is 4.58. The van der Waals surface area contributed by atoms with Crippen LogP contribution in [0.4, 0.5) is 9.59 Å². The summed E-state index contributed by atoms with van der Waals surface area (Å²) in [5.74, 6) is -1.22. The standard InChI is InChI=1S/C24H34N4O6/c1-23(2,3)33-21(31)27(12-8-10-17-9-7-11-25-14-17)19(20(29)30)13-18-15-26-16-28(18)22(32)34-24(4,5)6/h7,9,11,14-16,19H,8,10,12-13H2,1-6H3,(H,29,30)/t19-/m0/s1. The lowest BCUT2D eigenvalue weighted by atomic mass is 10.1. The second-order valence-corrected chi connectivity index (χ2v) is 9.93. The molecule has 2 aromatic heterocycles. The highest BCUT2D eigenvalue weighted by Gasteiger charge is 2.34. The summed E-state index contributed by atoms with van der Waals surface area (Å²) in [6.45, 7) is 10.5. The molecule has 10 heteroatoms. The maximum absolute atomic E-state index is 13.0. The Morgan fingerprint density at radius 2 is 1.74 bits per heavy atom. The van der Waals surface area contributed by atoms with Crippen LogP contribution in [0.1, 0.15) is 59.2 Å². The first-order valence-corrected chi connectivity index (χ1v) is 11.1. The van der Waals surface area contributed by atoms with Gasteiger partial charge in [-0.1, -0.05) is 6.07 Å². The number of carboxylic acids is 1. The van der Waals surface area contributed by atoms with Crippen molar-refractivity contribution in [3.05, 3.63) is 48.3 Å². The molecular weight excluding hydrogens is 440 g/mol. The molecule has 2 heterocycles. The maximum atomic E-state index is 13.0. The predicted molar refractivity (Wildman–Crippen MR) is 124 cm³/mol. The summed E-state index contributed by atoms with van der Waals surface area (Å²) in [6, 6.07) is 2.46. The van der Waals surface area contributed by atoms with Gasteiger partial charge in [0, 0.05) is 31.6 Å². The fourth-order valence-corrected chi connectivity index (χ4v) is 3.17. The number of aromatic nitrogens is 3. The number of carboxylic acid groups (broad SMARTS) is 1. The fraction of sp³-hybridized carbons (Fsp3) is 0.542. The second-order valence-electron chi connectivity index (χ2n) is 9.93. The van der Waals surface area contributed by atoms with Gasteiger partial charge < -0.3 is 14.6 Å². The molecule has 10 nitrogen and oxygen atoms in total. The summed E-state index contributed by atoms with van der Waals surface area (Å²) in [5, 5.41) is 10.0. The van der Waals surface area contributed by atoms with Crippen molar-refractivity contribution in [1.82, 2.24) is 19.4 Å². The largest absolute Gasteiger partial charge is 0.480 e. The van der Waals surface area contributed by atoms with E-state index in [4.69, 9.17) is 9.47 Å². The number of ether oxygens (including phenoxy) is 2. The number of imidazole rings is 1. The van der Waals surface area contributed by atoms with E-state index in [-0.39, 0.29) is 13.0 Å². The van der Waals surface area contributed by atoms with Crippen molar-refractivity contribution >= 4 is 18.2 Å². The summed E-state index contributed by atoms with van der Waals surface area (Å²) < 4.78 is 12.0. The van der Waals surface area contributed by atoms with E-state index in [2.05, 4.69) is 9.97 Å². The molecule has 0 spiro atoms. The van der Waals surface area contributed by atoms with Gasteiger partial charge in [0.15, 0.2) is 0 Å². The minimum atomic E-state index is -1.28. The van der Waals surface area contributed by atoms with E-state index in [1.807, 2.05) is 12.1 Å². The highest BCUT2D eigenvalue weighted by molar-refractivity contribution is 5.81. The van der Waals surface area contributed by atoms with Gasteiger partial charge in [-0.25, -0.2) is 23.9 Å². The molecule has 1 amide bonds. The molecule has 34 heavy (non-hydrogen) atoms. The molecule has 0 unspecified atom stereocenters. The number of hydrogen-bond donors (Lipinski definition) is 1. The summed E-state index contributed by atoms with van der Waals surface area (Å²) >= 11 is 0. The van der Waals surface area contributed by atoms with Gasteiger partial charge in [-0.2, -0.15) is 0 Å². The highest BCUT2D eigenvalue weighted by atomic mass is 16.6. The molecule has 0 aliphatic rings. The summed E-state index contributed by atoms with van der Waals surface area (Å²) in [6.07, 6.45) is 5.59. The van der Waals surface area contributed by atoms with E-state index in [1.54, 1.807) is 53.9 Å². The lowest BCUT2D eigenvalue weighted by Gasteiger charge is -2.31. The number of aliphatic carboxylic acids is 1. The number of rotatable bonds is 8. The average molecular weight is 475 g/mol. The van der Waals surface area contributed by atoms with Gasteiger partial charge in [-0.3, -0.25) is 9.88 Å². The van der Waals surface area contributed by atoms with Gasteiger partial charge in [0.1, 0.15) is 23.6 Å². The van der Waals surface area contributed by atoms with E-state index >= 15 is 0 Å². The molecule has 0 saturated carbocycles. The van der Waals surface area contributed by atoms with E-state index in [0.717, 1.165) is 10.1 Å². The van der Waals surface area contributed by atoms with Crippen molar-refractivity contribution in [3.63, 3.8) is 0 Å². The van der Waals surface area contributed by atoms with Gasteiger partial charge in [0.2, 0.25) is 0 Å². The smallest absolute Gasteiger partial charge is 0.420 e. The molecule has 0 bridgehead atoms. The number of nitrogens with zero attached hydrogens (tertiary/aromatic N) is 4. The van der Waals surface area contributed by atoms with Crippen LogP contribution in [0.2, 0.25) is 0 Å². The van der Waals surface area contributed by atoms with Crippen molar-refractivity contribution in [2.75, 3.05) is 6.54 Å².